The minimum Gasteiger partial charge on any atom is -0.450 e. The summed E-state index contributed by atoms with van der Waals surface area (Å²) in [6.07, 6.45) is -0.549. The summed E-state index contributed by atoms with van der Waals surface area (Å²) in [4.78, 5) is 11.2. The van der Waals surface area contributed by atoms with E-state index in [4.69, 9.17) is 9.29 Å². The van der Waals surface area contributed by atoms with Crippen LogP contribution >= 0.6 is 0 Å². The second-order valence-electron chi connectivity index (χ2n) is 3.61. The van der Waals surface area contributed by atoms with Gasteiger partial charge in [-0.1, -0.05) is 30.3 Å². The highest BCUT2D eigenvalue weighted by Crippen LogP contribution is 1.97. The molecule has 0 spiro atoms. The van der Waals surface area contributed by atoms with Crippen LogP contribution in [0.4, 0.5) is 4.79 Å². The van der Waals surface area contributed by atoms with E-state index in [1.165, 1.54) is 0 Å². The summed E-state index contributed by atoms with van der Waals surface area (Å²) >= 11 is 0. The maximum atomic E-state index is 11.2. The summed E-state index contributed by atoms with van der Waals surface area (Å²) in [5.41, 5.74) is 0.937. The predicted octanol–water partition coefficient (Wildman–Crippen LogP) is 1.19. The fourth-order valence-electron chi connectivity index (χ4n) is 1.23. The van der Waals surface area contributed by atoms with Gasteiger partial charge in [0.05, 0.1) is 12.4 Å². The molecule has 0 aliphatic carbocycles. The van der Waals surface area contributed by atoms with Gasteiger partial charge in [0.1, 0.15) is 0 Å². The van der Waals surface area contributed by atoms with Crippen LogP contribution in [0.15, 0.2) is 30.3 Å². The Kier molecular flexibility index (Phi) is 5.60. The molecule has 18 heavy (non-hydrogen) atoms. The van der Waals surface area contributed by atoms with E-state index in [9.17, 15) is 13.2 Å². The van der Waals surface area contributed by atoms with Crippen molar-refractivity contribution in [2.75, 3.05) is 12.4 Å². The molecule has 0 unspecified atom stereocenters. The van der Waals surface area contributed by atoms with Gasteiger partial charge in [-0.25, -0.2) is 4.79 Å². The molecule has 0 aromatic heterocycles. The molecular weight excluding hydrogens is 258 g/mol. The number of rotatable bonds is 6. The number of nitrogens with one attached hydrogen (secondary N) is 1. The van der Waals surface area contributed by atoms with Gasteiger partial charge in [0, 0.05) is 6.54 Å². The van der Waals surface area contributed by atoms with Crippen molar-refractivity contribution in [2.24, 2.45) is 0 Å². The average Bonchev–Trinajstić information content (AvgIpc) is 2.32. The third-order valence-electron chi connectivity index (χ3n) is 2.06. The van der Waals surface area contributed by atoms with Crippen molar-refractivity contribution in [1.82, 2.24) is 5.32 Å². The van der Waals surface area contributed by atoms with Gasteiger partial charge in [0.25, 0.3) is 10.1 Å². The molecule has 1 amide bonds. The zero-order valence-corrected chi connectivity index (χ0v) is 10.5. The molecule has 2 N–H and O–H groups in total. The normalized spacial score (nSPS) is 10.9. The maximum absolute atomic E-state index is 11.2. The Balaban J connectivity index is 2.15. The number of amides is 1. The number of benzene rings is 1. The van der Waals surface area contributed by atoms with Gasteiger partial charge in [-0.2, -0.15) is 8.42 Å². The first kappa shape index (κ1) is 14.5. The molecule has 100 valence electrons. The van der Waals surface area contributed by atoms with Gasteiger partial charge in [0.15, 0.2) is 0 Å². The Hall–Kier alpha value is -1.60. The summed E-state index contributed by atoms with van der Waals surface area (Å²) in [7, 11) is -3.99. The van der Waals surface area contributed by atoms with Crippen molar-refractivity contribution < 1.29 is 22.5 Å². The Labute approximate surface area is 106 Å². The van der Waals surface area contributed by atoms with E-state index in [0.717, 1.165) is 5.56 Å². The number of ether oxygens (including phenoxy) is 1. The van der Waals surface area contributed by atoms with Gasteiger partial charge >= 0.3 is 6.09 Å². The average molecular weight is 273 g/mol. The summed E-state index contributed by atoms with van der Waals surface area (Å²) in [5.74, 6) is -0.418. The molecule has 1 rings (SSSR count). The molecule has 0 heterocycles. The first-order valence-electron chi connectivity index (χ1n) is 5.37. The van der Waals surface area contributed by atoms with Crippen molar-refractivity contribution in [2.45, 2.75) is 13.0 Å². The van der Waals surface area contributed by atoms with Crippen LogP contribution in [0.3, 0.4) is 0 Å². The quantitative estimate of drug-likeness (QED) is 0.600. The lowest BCUT2D eigenvalue weighted by Crippen LogP contribution is -2.24. The molecule has 0 atom stereocenters. The van der Waals surface area contributed by atoms with Crippen LogP contribution < -0.4 is 5.32 Å². The van der Waals surface area contributed by atoms with E-state index in [1.54, 1.807) is 0 Å². The topological polar surface area (TPSA) is 92.7 Å². The van der Waals surface area contributed by atoms with E-state index >= 15 is 0 Å². The molecular formula is C11H15NO5S. The fourth-order valence-corrected chi connectivity index (χ4v) is 1.71. The highest BCUT2D eigenvalue weighted by Gasteiger charge is 2.06. The number of alkyl carbamates (subject to hydrolysis) is 1. The van der Waals surface area contributed by atoms with Crippen molar-refractivity contribution in [3.05, 3.63) is 35.9 Å². The van der Waals surface area contributed by atoms with Gasteiger partial charge in [-0.15, -0.1) is 0 Å². The monoisotopic (exact) mass is 273 g/mol. The Morgan fingerprint density at radius 1 is 1.28 bits per heavy atom. The Morgan fingerprint density at radius 3 is 2.56 bits per heavy atom. The molecule has 0 radical (unpaired) electrons. The largest absolute Gasteiger partial charge is 0.450 e. The molecule has 1 aromatic carbocycles. The number of hydrogen-bond acceptors (Lipinski definition) is 4. The number of carbonyl (C=O) groups excluding carboxylic acids is 1. The molecule has 0 saturated heterocycles. The second-order valence-corrected chi connectivity index (χ2v) is 5.19. The van der Waals surface area contributed by atoms with Crippen LogP contribution in [0.5, 0.6) is 0 Å². The van der Waals surface area contributed by atoms with E-state index in [2.05, 4.69) is 5.32 Å². The summed E-state index contributed by atoms with van der Waals surface area (Å²) in [6.45, 7) is 0.290. The summed E-state index contributed by atoms with van der Waals surface area (Å²) < 4.78 is 34.0. The van der Waals surface area contributed by atoms with E-state index in [1.807, 2.05) is 30.3 Å². The van der Waals surface area contributed by atoms with Gasteiger partial charge in [0.2, 0.25) is 0 Å². The molecule has 0 bridgehead atoms. The molecule has 7 heteroatoms. The second kappa shape index (κ2) is 6.97. The smallest absolute Gasteiger partial charge is 0.407 e. The van der Waals surface area contributed by atoms with E-state index in [-0.39, 0.29) is 13.0 Å². The molecule has 0 aliphatic rings. The lowest BCUT2D eigenvalue weighted by molar-refractivity contribution is 0.145. The van der Waals surface area contributed by atoms with Gasteiger partial charge in [-0.3, -0.25) is 4.55 Å². The Bertz CT molecular complexity index is 471. The van der Waals surface area contributed by atoms with Gasteiger partial charge < -0.3 is 10.1 Å². The van der Waals surface area contributed by atoms with Gasteiger partial charge in [-0.05, 0) is 12.0 Å². The van der Waals surface area contributed by atoms with Crippen molar-refractivity contribution in [3.8, 4) is 0 Å². The van der Waals surface area contributed by atoms with Crippen LogP contribution in [0.25, 0.3) is 0 Å². The number of carbonyl (C=O) groups is 1. The SMILES string of the molecule is O=C(NCc1ccccc1)OCCCS(=O)(=O)O. The van der Waals surface area contributed by atoms with Crippen molar-refractivity contribution in [1.29, 1.82) is 0 Å². The van der Waals surface area contributed by atoms with Crippen LogP contribution in [0, 0.1) is 0 Å². The van der Waals surface area contributed by atoms with Crippen molar-refractivity contribution >= 4 is 16.2 Å². The Morgan fingerprint density at radius 2 is 1.94 bits per heavy atom. The minimum absolute atomic E-state index is 0.0551. The summed E-state index contributed by atoms with van der Waals surface area (Å²) in [6, 6.07) is 9.30. The first-order valence-corrected chi connectivity index (χ1v) is 6.98. The maximum Gasteiger partial charge on any atom is 0.407 e. The van der Waals surface area contributed by atoms with Crippen LogP contribution in [0.2, 0.25) is 0 Å². The first-order chi connectivity index (χ1) is 8.47. The summed E-state index contributed by atoms with van der Waals surface area (Å²) in [5, 5.41) is 2.52. The van der Waals surface area contributed by atoms with E-state index < -0.39 is 22.0 Å². The highest BCUT2D eigenvalue weighted by molar-refractivity contribution is 7.85. The standard InChI is InChI=1S/C11H15NO5S/c13-11(17-7-4-8-18(14,15)16)12-9-10-5-2-1-3-6-10/h1-3,5-6H,4,7-9H2,(H,12,13)(H,14,15,16). The van der Waals surface area contributed by atoms with Crippen LogP contribution in [-0.4, -0.2) is 31.4 Å². The number of hydrogen-bond donors (Lipinski definition) is 2. The molecule has 6 nitrogen and oxygen atoms in total. The zero-order valence-electron chi connectivity index (χ0n) is 9.70. The predicted molar refractivity (Wildman–Crippen MR) is 65.7 cm³/mol. The minimum atomic E-state index is -3.99. The molecule has 0 saturated carbocycles. The molecule has 1 aromatic rings. The lowest BCUT2D eigenvalue weighted by atomic mass is 10.2. The fraction of sp³-hybridized carbons (Fsp3) is 0.364. The van der Waals surface area contributed by atoms with Crippen molar-refractivity contribution in [3.63, 3.8) is 0 Å². The van der Waals surface area contributed by atoms with Crippen LogP contribution in [-0.2, 0) is 21.4 Å². The lowest BCUT2D eigenvalue weighted by Gasteiger charge is -2.06. The molecule has 0 aliphatic heterocycles. The highest BCUT2D eigenvalue weighted by atomic mass is 32.2. The molecule has 0 fully saturated rings. The van der Waals surface area contributed by atoms with E-state index in [0.29, 0.717) is 6.54 Å². The third-order valence-corrected chi connectivity index (χ3v) is 2.86. The third kappa shape index (κ3) is 6.87. The zero-order chi connectivity index (χ0) is 13.4. The van der Waals surface area contributed by atoms with Crippen LogP contribution in [0.1, 0.15) is 12.0 Å².